The molecule has 0 saturated heterocycles. The van der Waals surface area contributed by atoms with Crippen LogP contribution in [0, 0.1) is 0 Å². The lowest BCUT2D eigenvalue weighted by atomic mass is 10.5. The van der Waals surface area contributed by atoms with E-state index in [2.05, 4.69) is 10.3 Å². The molecular weight excluding hydrogens is 227 g/mol. The maximum absolute atomic E-state index is 11.8. The van der Waals surface area contributed by atoms with Crippen molar-refractivity contribution in [3.05, 3.63) is 18.2 Å². The number of rotatable bonds is 5. The Morgan fingerprint density at radius 3 is 2.87 bits per heavy atom. The summed E-state index contributed by atoms with van der Waals surface area (Å²) in [7, 11) is 1.79. The molecule has 0 unspecified atom stereocenters. The molecule has 1 heterocycles. The van der Waals surface area contributed by atoms with Crippen LogP contribution < -0.4 is 5.32 Å². The molecular formula is C8H12F3N3S. The summed E-state index contributed by atoms with van der Waals surface area (Å²) in [5, 5.41) is 2.92. The zero-order chi connectivity index (χ0) is 11.3. The van der Waals surface area contributed by atoms with Gasteiger partial charge in [-0.25, -0.2) is 4.98 Å². The third kappa shape index (κ3) is 5.08. The number of nitrogens with one attached hydrogen (secondary N) is 1. The van der Waals surface area contributed by atoms with Crippen molar-refractivity contribution in [2.45, 2.75) is 18.6 Å². The van der Waals surface area contributed by atoms with Gasteiger partial charge in [0.2, 0.25) is 0 Å². The van der Waals surface area contributed by atoms with Gasteiger partial charge < -0.3 is 9.88 Å². The number of thioether (sulfide) groups is 1. The van der Waals surface area contributed by atoms with E-state index in [-0.39, 0.29) is 17.5 Å². The van der Waals surface area contributed by atoms with Gasteiger partial charge in [-0.1, -0.05) is 0 Å². The minimum Gasteiger partial charge on any atom is -0.336 e. The Morgan fingerprint density at radius 1 is 1.53 bits per heavy atom. The third-order valence-electron chi connectivity index (χ3n) is 1.66. The van der Waals surface area contributed by atoms with Crippen molar-refractivity contribution in [1.29, 1.82) is 0 Å². The van der Waals surface area contributed by atoms with Crippen molar-refractivity contribution in [2.75, 3.05) is 12.8 Å². The fourth-order valence-electron chi connectivity index (χ4n) is 1.07. The van der Waals surface area contributed by atoms with Gasteiger partial charge in [-0.3, -0.25) is 0 Å². The van der Waals surface area contributed by atoms with E-state index in [0.29, 0.717) is 13.1 Å². The first kappa shape index (κ1) is 12.4. The number of halogens is 3. The van der Waals surface area contributed by atoms with Crippen LogP contribution >= 0.6 is 11.8 Å². The molecule has 15 heavy (non-hydrogen) atoms. The Labute approximate surface area is 90.1 Å². The van der Waals surface area contributed by atoms with Gasteiger partial charge in [-0.05, 0) is 18.8 Å². The molecule has 1 aromatic heterocycles. The van der Waals surface area contributed by atoms with E-state index in [1.807, 2.05) is 0 Å². The van der Waals surface area contributed by atoms with Gasteiger partial charge in [0.05, 0.1) is 12.0 Å². The molecule has 0 spiro atoms. The van der Waals surface area contributed by atoms with Gasteiger partial charge >= 0.3 is 5.51 Å². The van der Waals surface area contributed by atoms with Crippen LogP contribution in [0.4, 0.5) is 13.2 Å². The Morgan fingerprint density at radius 2 is 2.27 bits per heavy atom. The minimum absolute atomic E-state index is 0.0128. The molecule has 0 atom stereocenters. The highest BCUT2D eigenvalue weighted by Gasteiger charge is 2.27. The summed E-state index contributed by atoms with van der Waals surface area (Å²) in [6.45, 7) is 0.945. The van der Waals surface area contributed by atoms with Crippen molar-refractivity contribution >= 4 is 11.8 Å². The van der Waals surface area contributed by atoms with Crippen molar-refractivity contribution in [3.8, 4) is 0 Å². The van der Waals surface area contributed by atoms with E-state index >= 15 is 0 Å². The van der Waals surface area contributed by atoms with Crippen molar-refractivity contribution in [1.82, 2.24) is 14.9 Å². The van der Waals surface area contributed by atoms with E-state index < -0.39 is 5.51 Å². The van der Waals surface area contributed by atoms with Crippen molar-refractivity contribution in [3.63, 3.8) is 0 Å². The SMILES string of the molecule is CNCc1cn(CCSC(F)(F)F)cn1. The summed E-state index contributed by atoms with van der Waals surface area (Å²) in [5.41, 5.74) is -3.32. The lowest BCUT2D eigenvalue weighted by Gasteiger charge is -2.05. The van der Waals surface area contributed by atoms with Crippen molar-refractivity contribution in [2.24, 2.45) is 0 Å². The Balaban J connectivity index is 2.31. The molecule has 7 heteroatoms. The molecule has 0 aromatic carbocycles. The molecule has 0 saturated carbocycles. The van der Waals surface area contributed by atoms with Crippen LogP contribution in [0.2, 0.25) is 0 Å². The second kappa shape index (κ2) is 5.41. The molecule has 0 fully saturated rings. The molecule has 0 aliphatic rings. The normalized spacial score (nSPS) is 12.0. The van der Waals surface area contributed by atoms with Crippen LogP contribution in [0.1, 0.15) is 5.69 Å². The molecule has 86 valence electrons. The van der Waals surface area contributed by atoms with Gasteiger partial charge in [0.1, 0.15) is 0 Å². The van der Waals surface area contributed by atoms with Gasteiger partial charge in [0.15, 0.2) is 0 Å². The number of nitrogens with zero attached hydrogens (tertiary/aromatic N) is 2. The predicted molar refractivity (Wildman–Crippen MR) is 53.5 cm³/mol. The van der Waals surface area contributed by atoms with Crippen LogP contribution in [-0.4, -0.2) is 27.9 Å². The quantitative estimate of drug-likeness (QED) is 0.850. The fraction of sp³-hybridized carbons (Fsp3) is 0.625. The first-order valence-corrected chi connectivity index (χ1v) is 5.36. The van der Waals surface area contributed by atoms with Gasteiger partial charge in [0, 0.05) is 25.0 Å². The van der Waals surface area contributed by atoms with Crippen LogP contribution in [0.25, 0.3) is 0 Å². The van der Waals surface area contributed by atoms with Gasteiger partial charge in [-0.15, -0.1) is 0 Å². The molecule has 0 bridgehead atoms. The Hall–Kier alpha value is -0.690. The summed E-state index contributed by atoms with van der Waals surface area (Å²) in [4.78, 5) is 4.03. The maximum Gasteiger partial charge on any atom is 0.441 e. The number of alkyl halides is 3. The highest BCUT2D eigenvalue weighted by molar-refractivity contribution is 8.00. The molecule has 0 aliphatic carbocycles. The van der Waals surface area contributed by atoms with Gasteiger partial charge in [0.25, 0.3) is 0 Å². The molecule has 0 aliphatic heterocycles. The first-order chi connectivity index (χ1) is 7.01. The lowest BCUT2D eigenvalue weighted by Crippen LogP contribution is -2.06. The zero-order valence-electron chi connectivity index (χ0n) is 8.21. The summed E-state index contributed by atoms with van der Waals surface area (Å²) < 4.78 is 37.1. The predicted octanol–water partition coefficient (Wildman–Crippen LogP) is 1.86. The van der Waals surface area contributed by atoms with Crippen LogP contribution in [0.5, 0.6) is 0 Å². The van der Waals surface area contributed by atoms with Crippen LogP contribution in [0.3, 0.4) is 0 Å². The molecule has 0 amide bonds. The monoisotopic (exact) mass is 239 g/mol. The first-order valence-electron chi connectivity index (χ1n) is 4.37. The summed E-state index contributed by atoms with van der Waals surface area (Å²) in [5.74, 6) is 0.0128. The van der Waals surface area contributed by atoms with E-state index in [9.17, 15) is 13.2 Å². The molecule has 1 aromatic rings. The maximum atomic E-state index is 11.8. The number of aryl methyl sites for hydroxylation is 1. The molecule has 3 nitrogen and oxygen atoms in total. The number of imidazole rings is 1. The second-order valence-electron chi connectivity index (χ2n) is 2.93. The number of hydrogen-bond donors (Lipinski definition) is 1. The second-order valence-corrected chi connectivity index (χ2v) is 4.09. The topological polar surface area (TPSA) is 29.9 Å². The van der Waals surface area contributed by atoms with Crippen LogP contribution in [0.15, 0.2) is 12.5 Å². The summed E-state index contributed by atoms with van der Waals surface area (Å²) >= 11 is -0.0132. The standard InChI is InChI=1S/C8H12F3N3S/c1-12-4-7-5-14(6-13-7)2-3-15-8(9,10)11/h5-6,12H,2-4H2,1H3. The smallest absolute Gasteiger partial charge is 0.336 e. The summed E-state index contributed by atoms with van der Waals surface area (Å²) in [6.07, 6.45) is 3.29. The van der Waals surface area contributed by atoms with Gasteiger partial charge in [-0.2, -0.15) is 13.2 Å². The van der Waals surface area contributed by atoms with E-state index in [1.54, 1.807) is 24.1 Å². The zero-order valence-corrected chi connectivity index (χ0v) is 9.03. The third-order valence-corrected chi connectivity index (χ3v) is 2.37. The Kier molecular flexibility index (Phi) is 4.46. The van der Waals surface area contributed by atoms with E-state index in [0.717, 1.165) is 5.69 Å². The Bertz CT molecular complexity index is 298. The van der Waals surface area contributed by atoms with Crippen LogP contribution in [-0.2, 0) is 13.1 Å². The number of hydrogen-bond acceptors (Lipinski definition) is 3. The molecule has 1 N–H and O–H groups in total. The lowest BCUT2D eigenvalue weighted by molar-refractivity contribution is -0.0328. The number of aromatic nitrogens is 2. The largest absolute Gasteiger partial charge is 0.441 e. The highest BCUT2D eigenvalue weighted by Crippen LogP contribution is 2.29. The van der Waals surface area contributed by atoms with Crippen molar-refractivity contribution < 1.29 is 13.2 Å². The summed E-state index contributed by atoms with van der Waals surface area (Å²) in [6, 6.07) is 0. The van der Waals surface area contributed by atoms with E-state index in [1.165, 1.54) is 0 Å². The minimum atomic E-state index is -4.14. The molecule has 1 rings (SSSR count). The average Bonchev–Trinajstić information content (AvgIpc) is 2.51. The van der Waals surface area contributed by atoms with E-state index in [4.69, 9.17) is 0 Å². The highest BCUT2D eigenvalue weighted by atomic mass is 32.2. The average molecular weight is 239 g/mol. The fourth-order valence-corrected chi connectivity index (χ4v) is 1.60. The molecule has 0 radical (unpaired) electrons.